The van der Waals surface area contributed by atoms with E-state index in [1.54, 1.807) is 0 Å². The Bertz CT molecular complexity index is 1120. The van der Waals surface area contributed by atoms with E-state index in [4.69, 9.17) is 5.14 Å². The summed E-state index contributed by atoms with van der Waals surface area (Å²) in [5.74, 6) is 0.261. The number of rotatable bonds is 3. The summed E-state index contributed by atoms with van der Waals surface area (Å²) in [6.45, 7) is 8.09. The van der Waals surface area contributed by atoms with E-state index < -0.39 is 10.2 Å². The lowest BCUT2D eigenvalue weighted by Gasteiger charge is -2.16. The summed E-state index contributed by atoms with van der Waals surface area (Å²) in [5, 5.41) is 7.56. The Labute approximate surface area is 153 Å². The molecular formula is C19H24N4O2S. The van der Waals surface area contributed by atoms with Crippen molar-refractivity contribution in [2.24, 2.45) is 11.1 Å². The first-order valence-electron chi connectivity index (χ1n) is 8.87. The van der Waals surface area contributed by atoms with Crippen LogP contribution in [0.25, 0.3) is 21.8 Å². The monoisotopic (exact) mass is 372 g/mol. The van der Waals surface area contributed by atoms with Crippen molar-refractivity contribution in [2.75, 3.05) is 13.1 Å². The third kappa shape index (κ3) is 2.90. The summed E-state index contributed by atoms with van der Waals surface area (Å²) in [6.07, 6.45) is 2.76. The van der Waals surface area contributed by atoms with Crippen LogP contribution in [0.15, 0.2) is 24.4 Å². The maximum absolute atomic E-state index is 11.6. The minimum atomic E-state index is -3.60. The zero-order valence-corrected chi connectivity index (χ0v) is 16.2. The first-order valence-corrected chi connectivity index (χ1v) is 10.4. The molecule has 0 radical (unpaired) electrons. The molecule has 7 heteroatoms. The fourth-order valence-electron chi connectivity index (χ4n) is 4.01. The maximum Gasteiger partial charge on any atom is 0.276 e. The molecule has 6 nitrogen and oxygen atoms in total. The standard InChI is InChI=1S/C19H24N4O2S/c1-12-6-17-18(7-13(12)2)21-9-16-8-14(3)23(19(16)17)11-15-4-5-22(10-15)26(20,24)25/h6-9,15H,4-5,10-11H2,1-3H3,(H2,20,24,25). The number of hydrogen-bond donors (Lipinski definition) is 1. The van der Waals surface area contributed by atoms with Crippen LogP contribution in [0.1, 0.15) is 23.2 Å². The molecule has 1 aliphatic rings. The summed E-state index contributed by atoms with van der Waals surface area (Å²) in [7, 11) is -3.60. The van der Waals surface area contributed by atoms with Crippen molar-refractivity contribution in [3.8, 4) is 0 Å². The molecule has 1 atom stereocenters. The number of nitrogens with two attached hydrogens (primary N) is 1. The van der Waals surface area contributed by atoms with Crippen molar-refractivity contribution in [2.45, 2.75) is 33.7 Å². The second-order valence-electron chi connectivity index (χ2n) is 7.47. The molecule has 0 amide bonds. The average molecular weight is 372 g/mol. The smallest absolute Gasteiger partial charge is 0.276 e. The van der Waals surface area contributed by atoms with Gasteiger partial charge in [-0.3, -0.25) is 4.98 Å². The number of nitrogens with zero attached hydrogens (tertiary/aromatic N) is 3. The van der Waals surface area contributed by atoms with Crippen LogP contribution in [-0.4, -0.2) is 35.4 Å². The molecule has 0 spiro atoms. The molecular weight excluding hydrogens is 348 g/mol. The van der Waals surface area contributed by atoms with Gasteiger partial charge in [0.05, 0.1) is 11.0 Å². The number of hydrogen-bond acceptors (Lipinski definition) is 3. The zero-order chi connectivity index (χ0) is 18.6. The van der Waals surface area contributed by atoms with Crippen molar-refractivity contribution < 1.29 is 8.42 Å². The molecule has 138 valence electrons. The van der Waals surface area contributed by atoms with Gasteiger partial charge in [-0.05, 0) is 62.4 Å². The topological polar surface area (TPSA) is 81.2 Å². The molecule has 0 aliphatic carbocycles. The van der Waals surface area contributed by atoms with Gasteiger partial charge in [0.25, 0.3) is 10.2 Å². The SMILES string of the molecule is Cc1cc2ncc3cc(C)n(CC4CCN(S(N)(=O)=O)C4)c3c2cc1C. The molecule has 1 unspecified atom stereocenters. The lowest BCUT2D eigenvalue weighted by molar-refractivity contribution is 0.431. The van der Waals surface area contributed by atoms with Crippen LogP contribution in [0, 0.1) is 26.7 Å². The van der Waals surface area contributed by atoms with Crippen molar-refractivity contribution in [1.82, 2.24) is 13.9 Å². The first kappa shape index (κ1) is 17.5. The summed E-state index contributed by atoms with van der Waals surface area (Å²) >= 11 is 0. The highest BCUT2D eigenvalue weighted by Gasteiger charge is 2.29. The molecule has 1 fully saturated rings. The molecule has 1 aliphatic heterocycles. The van der Waals surface area contributed by atoms with E-state index in [-0.39, 0.29) is 5.92 Å². The van der Waals surface area contributed by atoms with E-state index in [0.717, 1.165) is 29.3 Å². The van der Waals surface area contributed by atoms with Crippen LogP contribution in [0.3, 0.4) is 0 Å². The predicted octanol–water partition coefficient (Wildman–Crippen LogP) is 2.64. The van der Waals surface area contributed by atoms with Gasteiger partial charge < -0.3 is 4.57 Å². The van der Waals surface area contributed by atoms with E-state index in [9.17, 15) is 8.42 Å². The van der Waals surface area contributed by atoms with E-state index in [1.807, 2.05) is 6.20 Å². The van der Waals surface area contributed by atoms with Crippen LogP contribution in [0.5, 0.6) is 0 Å². The minimum absolute atomic E-state index is 0.261. The lowest BCUT2D eigenvalue weighted by atomic mass is 10.0. The van der Waals surface area contributed by atoms with Crippen LogP contribution < -0.4 is 5.14 Å². The highest BCUT2D eigenvalue weighted by atomic mass is 32.2. The zero-order valence-electron chi connectivity index (χ0n) is 15.4. The summed E-state index contributed by atoms with van der Waals surface area (Å²) in [4.78, 5) is 4.62. The van der Waals surface area contributed by atoms with Crippen LogP contribution in [0.2, 0.25) is 0 Å². The molecule has 2 aromatic heterocycles. The number of aryl methyl sites for hydroxylation is 3. The number of pyridine rings is 1. The fraction of sp³-hybridized carbons (Fsp3) is 0.421. The van der Waals surface area contributed by atoms with Crippen molar-refractivity contribution >= 4 is 32.0 Å². The van der Waals surface area contributed by atoms with Gasteiger partial charge >= 0.3 is 0 Å². The second-order valence-corrected chi connectivity index (χ2v) is 9.02. The normalized spacial score (nSPS) is 19.0. The molecule has 4 rings (SSSR count). The molecule has 0 saturated carbocycles. The maximum atomic E-state index is 11.6. The van der Waals surface area contributed by atoms with Crippen molar-refractivity contribution in [1.29, 1.82) is 0 Å². The van der Waals surface area contributed by atoms with Crippen molar-refractivity contribution in [3.05, 3.63) is 41.2 Å². The van der Waals surface area contributed by atoms with Crippen LogP contribution in [-0.2, 0) is 16.8 Å². The lowest BCUT2D eigenvalue weighted by Crippen LogP contribution is -2.35. The second kappa shape index (κ2) is 6.04. The first-order chi connectivity index (χ1) is 12.2. The van der Waals surface area contributed by atoms with Crippen LogP contribution >= 0.6 is 0 Å². The van der Waals surface area contributed by atoms with Gasteiger partial charge in [-0.2, -0.15) is 12.7 Å². The Hall–Kier alpha value is -1.96. The Morgan fingerprint density at radius 1 is 1.19 bits per heavy atom. The third-order valence-corrected chi connectivity index (χ3v) is 6.64. The van der Waals surface area contributed by atoms with Gasteiger partial charge in [0.15, 0.2) is 0 Å². The largest absolute Gasteiger partial charge is 0.344 e. The minimum Gasteiger partial charge on any atom is -0.344 e. The van der Waals surface area contributed by atoms with Gasteiger partial charge in [-0.15, -0.1) is 0 Å². The molecule has 2 N–H and O–H groups in total. The highest BCUT2D eigenvalue weighted by molar-refractivity contribution is 7.86. The van der Waals surface area contributed by atoms with E-state index in [2.05, 4.69) is 48.5 Å². The molecule has 3 aromatic rings. The number of aromatic nitrogens is 2. The predicted molar refractivity (Wildman–Crippen MR) is 104 cm³/mol. The fourth-order valence-corrected chi connectivity index (χ4v) is 4.79. The number of benzene rings is 1. The highest BCUT2D eigenvalue weighted by Crippen LogP contribution is 2.31. The Kier molecular flexibility index (Phi) is 4.06. The molecule has 1 aromatic carbocycles. The van der Waals surface area contributed by atoms with E-state index >= 15 is 0 Å². The van der Waals surface area contributed by atoms with Gasteiger partial charge in [-0.25, -0.2) is 5.14 Å². The quantitative estimate of drug-likeness (QED) is 0.767. The third-order valence-electron chi connectivity index (χ3n) is 5.59. The Morgan fingerprint density at radius 2 is 1.92 bits per heavy atom. The molecule has 3 heterocycles. The molecule has 26 heavy (non-hydrogen) atoms. The van der Waals surface area contributed by atoms with Crippen LogP contribution in [0.4, 0.5) is 0 Å². The van der Waals surface area contributed by atoms with Gasteiger partial charge in [0.2, 0.25) is 0 Å². The van der Waals surface area contributed by atoms with Crippen molar-refractivity contribution in [3.63, 3.8) is 0 Å². The Balaban J connectivity index is 1.79. The van der Waals surface area contributed by atoms with Gasteiger partial charge in [0.1, 0.15) is 0 Å². The summed E-state index contributed by atoms with van der Waals surface area (Å²) in [6, 6.07) is 6.50. The van der Waals surface area contributed by atoms with E-state index in [0.29, 0.717) is 13.1 Å². The van der Waals surface area contributed by atoms with Gasteiger partial charge in [-0.1, -0.05) is 0 Å². The summed E-state index contributed by atoms with van der Waals surface area (Å²) < 4.78 is 26.9. The average Bonchev–Trinajstić information content (AvgIpc) is 3.14. The molecule has 1 saturated heterocycles. The van der Waals surface area contributed by atoms with Gasteiger partial charge in [0, 0.05) is 42.3 Å². The Morgan fingerprint density at radius 3 is 2.62 bits per heavy atom. The number of fused-ring (bicyclic) bond motifs is 3. The van der Waals surface area contributed by atoms with E-state index in [1.165, 1.54) is 26.6 Å². The molecule has 0 bridgehead atoms. The summed E-state index contributed by atoms with van der Waals surface area (Å²) in [5.41, 5.74) is 5.83.